The largest absolute Gasteiger partial charge is 0.457 e. The Hall–Kier alpha value is -2.44. The molecule has 0 spiro atoms. The predicted molar refractivity (Wildman–Crippen MR) is 88.5 cm³/mol. The van der Waals surface area contributed by atoms with E-state index in [0.717, 1.165) is 17.1 Å². The van der Waals surface area contributed by atoms with Crippen LogP contribution in [0.1, 0.15) is 13.0 Å². The van der Waals surface area contributed by atoms with Crippen LogP contribution in [0.4, 0.5) is 0 Å². The van der Waals surface area contributed by atoms with Gasteiger partial charge in [-0.15, -0.1) is 10.2 Å². The molecule has 0 fully saturated rings. The van der Waals surface area contributed by atoms with Crippen molar-refractivity contribution in [3.63, 3.8) is 0 Å². The Morgan fingerprint density at radius 2 is 1.70 bits per heavy atom. The first-order chi connectivity index (χ1) is 11.2. The minimum atomic E-state index is 0.0174. The highest BCUT2D eigenvalue weighted by Gasteiger charge is 2.10. The third-order valence-electron chi connectivity index (χ3n) is 3.33. The van der Waals surface area contributed by atoms with Crippen LogP contribution < -0.4 is 10.5 Å². The molecule has 0 bridgehead atoms. The number of hydrogen-bond acceptors (Lipinski definition) is 5. The molecule has 1 heterocycles. The van der Waals surface area contributed by atoms with Crippen molar-refractivity contribution in [2.45, 2.75) is 13.0 Å². The van der Waals surface area contributed by atoms with E-state index in [2.05, 4.69) is 15.4 Å². The van der Waals surface area contributed by atoms with E-state index < -0.39 is 0 Å². The summed E-state index contributed by atoms with van der Waals surface area (Å²) in [5.74, 6) is 2.00. The second-order valence-corrected chi connectivity index (χ2v) is 5.53. The Bertz CT molecular complexity index is 770. The van der Waals surface area contributed by atoms with Gasteiger partial charge in [0.2, 0.25) is 5.82 Å². The van der Waals surface area contributed by atoms with E-state index in [1.54, 1.807) is 12.1 Å². The Kier molecular flexibility index (Phi) is 4.55. The van der Waals surface area contributed by atoms with Gasteiger partial charge in [0.15, 0.2) is 0 Å². The molecule has 2 N–H and O–H groups in total. The van der Waals surface area contributed by atoms with E-state index in [9.17, 15) is 0 Å². The van der Waals surface area contributed by atoms with E-state index in [1.165, 1.54) is 4.80 Å². The molecule has 0 saturated carbocycles. The van der Waals surface area contributed by atoms with Crippen molar-refractivity contribution in [3.8, 4) is 22.9 Å². The maximum atomic E-state index is 5.85. The summed E-state index contributed by atoms with van der Waals surface area (Å²) in [6, 6.07) is 14.7. The summed E-state index contributed by atoms with van der Waals surface area (Å²) in [5.41, 5.74) is 6.47. The summed E-state index contributed by atoms with van der Waals surface area (Å²) in [5, 5.41) is 13.1. The third-order valence-corrected chi connectivity index (χ3v) is 3.58. The molecule has 118 valence electrons. The molecule has 0 aliphatic carbocycles. The summed E-state index contributed by atoms with van der Waals surface area (Å²) in [6.07, 6.45) is 0. The van der Waals surface area contributed by atoms with Gasteiger partial charge in [-0.2, -0.15) is 4.80 Å². The Morgan fingerprint density at radius 3 is 2.30 bits per heavy atom. The van der Waals surface area contributed by atoms with E-state index in [1.807, 2.05) is 43.3 Å². The van der Waals surface area contributed by atoms with Gasteiger partial charge in [0.05, 0.1) is 6.04 Å². The lowest BCUT2D eigenvalue weighted by Gasteiger charge is -2.06. The molecule has 0 aliphatic rings. The highest BCUT2D eigenvalue weighted by atomic mass is 35.5. The van der Waals surface area contributed by atoms with Gasteiger partial charge in [-0.3, -0.25) is 0 Å². The summed E-state index contributed by atoms with van der Waals surface area (Å²) >= 11 is 5.85. The number of tetrazole rings is 1. The minimum absolute atomic E-state index is 0.0174. The van der Waals surface area contributed by atoms with Crippen molar-refractivity contribution >= 4 is 11.6 Å². The van der Waals surface area contributed by atoms with Crippen molar-refractivity contribution in [1.82, 2.24) is 20.2 Å². The summed E-state index contributed by atoms with van der Waals surface area (Å²) in [6.45, 7) is 2.40. The average Bonchev–Trinajstić information content (AvgIpc) is 3.07. The van der Waals surface area contributed by atoms with Crippen molar-refractivity contribution in [1.29, 1.82) is 0 Å². The van der Waals surface area contributed by atoms with Crippen molar-refractivity contribution in [3.05, 3.63) is 53.6 Å². The molecule has 0 radical (unpaired) electrons. The number of nitrogens with zero attached hydrogens (tertiary/aromatic N) is 4. The maximum absolute atomic E-state index is 5.85. The number of rotatable bonds is 5. The molecule has 0 unspecified atom stereocenters. The monoisotopic (exact) mass is 329 g/mol. The predicted octanol–water partition coefficient (Wildman–Crippen LogP) is 3.31. The van der Waals surface area contributed by atoms with Crippen LogP contribution in [0.5, 0.6) is 11.5 Å². The van der Waals surface area contributed by atoms with Gasteiger partial charge in [0.1, 0.15) is 11.5 Å². The number of aromatic nitrogens is 4. The molecule has 0 saturated heterocycles. The van der Waals surface area contributed by atoms with Crippen LogP contribution >= 0.6 is 11.6 Å². The van der Waals surface area contributed by atoms with Crippen LogP contribution in [0, 0.1) is 0 Å². The molecule has 3 rings (SSSR count). The molecule has 0 amide bonds. The van der Waals surface area contributed by atoms with Crippen molar-refractivity contribution < 1.29 is 4.74 Å². The molecule has 0 aliphatic heterocycles. The van der Waals surface area contributed by atoms with E-state index in [-0.39, 0.29) is 6.04 Å². The second kappa shape index (κ2) is 6.76. The lowest BCUT2D eigenvalue weighted by Crippen LogP contribution is -2.18. The van der Waals surface area contributed by atoms with Gasteiger partial charge >= 0.3 is 0 Å². The first kappa shape index (κ1) is 15.5. The molecular formula is C16H16ClN5O. The molecule has 7 heteroatoms. The van der Waals surface area contributed by atoms with Crippen molar-refractivity contribution in [2.24, 2.45) is 5.73 Å². The number of ether oxygens (including phenoxy) is 1. The van der Waals surface area contributed by atoms with Crippen LogP contribution in [0.25, 0.3) is 11.4 Å². The zero-order chi connectivity index (χ0) is 16.2. The number of halogens is 1. The molecule has 3 aromatic rings. The number of benzene rings is 2. The van der Waals surface area contributed by atoms with Gasteiger partial charge in [0, 0.05) is 17.1 Å². The van der Waals surface area contributed by atoms with Gasteiger partial charge in [0.25, 0.3) is 0 Å². The maximum Gasteiger partial charge on any atom is 0.204 e. The lowest BCUT2D eigenvalue weighted by atomic mass is 10.2. The third kappa shape index (κ3) is 3.67. The smallest absolute Gasteiger partial charge is 0.204 e. The lowest BCUT2D eigenvalue weighted by molar-refractivity contribution is 0.432. The Labute approximate surface area is 138 Å². The van der Waals surface area contributed by atoms with Gasteiger partial charge in [-0.05, 0) is 60.7 Å². The van der Waals surface area contributed by atoms with Crippen LogP contribution in [0.15, 0.2) is 48.5 Å². The fraction of sp³-hybridized carbons (Fsp3) is 0.188. The number of hydrogen-bond donors (Lipinski definition) is 1. The topological polar surface area (TPSA) is 78.9 Å². The first-order valence-electron chi connectivity index (χ1n) is 7.19. The Morgan fingerprint density at radius 1 is 1.09 bits per heavy atom. The molecule has 6 nitrogen and oxygen atoms in total. The summed E-state index contributed by atoms with van der Waals surface area (Å²) < 4.78 is 5.75. The highest BCUT2D eigenvalue weighted by molar-refractivity contribution is 6.30. The fourth-order valence-corrected chi connectivity index (χ4v) is 2.06. The van der Waals surface area contributed by atoms with Crippen LogP contribution in [0.2, 0.25) is 5.02 Å². The summed E-state index contributed by atoms with van der Waals surface area (Å²) in [4.78, 5) is 1.52. The molecule has 1 aromatic heterocycles. The molecule has 2 aromatic carbocycles. The highest BCUT2D eigenvalue weighted by Crippen LogP contribution is 2.25. The minimum Gasteiger partial charge on any atom is -0.457 e. The fourth-order valence-electron chi connectivity index (χ4n) is 1.93. The van der Waals surface area contributed by atoms with E-state index in [0.29, 0.717) is 17.4 Å². The van der Waals surface area contributed by atoms with E-state index in [4.69, 9.17) is 22.1 Å². The van der Waals surface area contributed by atoms with Crippen LogP contribution in [-0.4, -0.2) is 26.8 Å². The standard InChI is InChI=1S/C16H16ClN5O/c1-11(10-18)22-20-16(19-21-22)12-2-6-14(7-3-12)23-15-8-4-13(17)5-9-15/h2-9,11H,10,18H2,1H3/t11-/m1/s1. The van der Waals surface area contributed by atoms with Crippen LogP contribution in [0.3, 0.4) is 0 Å². The zero-order valence-corrected chi connectivity index (χ0v) is 13.3. The second-order valence-electron chi connectivity index (χ2n) is 5.10. The Balaban J connectivity index is 1.74. The van der Waals surface area contributed by atoms with Crippen molar-refractivity contribution in [2.75, 3.05) is 6.54 Å². The molecule has 23 heavy (non-hydrogen) atoms. The van der Waals surface area contributed by atoms with E-state index >= 15 is 0 Å². The SMILES string of the molecule is C[C@H](CN)n1nnc(-c2ccc(Oc3ccc(Cl)cc3)cc2)n1. The molecule has 1 atom stereocenters. The molecular weight excluding hydrogens is 314 g/mol. The number of nitrogens with two attached hydrogens (primary N) is 1. The quantitative estimate of drug-likeness (QED) is 0.777. The van der Waals surface area contributed by atoms with Gasteiger partial charge in [-0.25, -0.2) is 0 Å². The van der Waals surface area contributed by atoms with Crippen LogP contribution in [-0.2, 0) is 0 Å². The normalized spacial score (nSPS) is 12.1. The first-order valence-corrected chi connectivity index (χ1v) is 7.57. The summed E-state index contributed by atoms with van der Waals surface area (Å²) in [7, 11) is 0. The van der Waals surface area contributed by atoms with Gasteiger partial charge in [-0.1, -0.05) is 11.6 Å². The zero-order valence-electron chi connectivity index (χ0n) is 12.6. The average molecular weight is 330 g/mol. The van der Waals surface area contributed by atoms with Gasteiger partial charge < -0.3 is 10.5 Å².